The van der Waals surface area contributed by atoms with Crippen molar-refractivity contribution in [2.45, 2.75) is 58.4 Å². The van der Waals surface area contributed by atoms with E-state index in [-0.39, 0.29) is 11.9 Å². The second-order valence-electron chi connectivity index (χ2n) is 6.00. The molecule has 1 atom stereocenters. The van der Waals surface area contributed by atoms with Gasteiger partial charge in [-0.25, -0.2) is 4.98 Å². The molecule has 0 bridgehead atoms. The highest BCUT2D eigenvalue weighted by Gasteiger charge is 2.09. The lowest BCUT2D eigenvalue weighted by atomic mass is 9.97. The number of nitrogens with zero attached hydrogens (tertiary/aromatic N) is 1. The van der Waals surface area contributed by atoms with Crippen molar-refractivity contribution < 1.29 is 4.79 Å². The minimum atomic E-state index is -0.0549. The Kier molecular flexibility index (Phi) is 6.44. The average Bonchev–Trinajstić information content (AvgIpc) is 2.56. The van der Waals surface area contributed by atoms with Crippen LogP contribution in [0.25, 0.3) is 0 Å². The Hall–Kier alpha value is -1.84. The Morgan fingerprint density at radius 1 is 1.36 bits per heavy atom. The molecular weight excluding hydrogens is 274 g/mol. The van der Waals surface area contributed by atoms with Crippen LogP contribution in [-0.2, 0) is 0 Å². The number of anilines is 1. The van der Waals surface area contributed by atoms with Crippen LogP contribution in [0.5, 0.6) is 0 Å². The number of carbonyl (C=O) groups is 1. The largest absolute Gasteiger partial charge is 0.370 e. The summed E-state index contributed by atoms with van der Waals surface area (Å²) >= 11 is 0. The van der Waals surface area contributed by atoms with E-state index in [0.717, 1.165) is 25.2 Å². The van der Waals surface area contributed by atoms with Crippen LogP contribution in [0.2, 0.25) is 0 Å². The summed E-state index contributed by atoms with van der Waals surface area (Å²) in [6.45, 7) is 4.95. The first kappa shape index (κ1) is 16.5. The summed E-state index contributed by atoms with van der Waals surface area (Å²) in [6.07, 6.45) is 11.1. The molecule has 1 aliphatic rings. The maximum atomic E-state index is 12.0. The highest BCUT2D eigenvalue weighted by atomic mass is 16.1. The van der Waals surface area contributed by atoms with Crippen LogP contribution in [-0.4, -0.2) is 23.5 Å². The molecule has 0 aromatic carbocycles. The molecule has 1 aromatic heterocycles. The predicted octanol–water partition coefficient (Wildman–Crippen LogP) is 3.91. The number of rotatable bonds is 7. The molecular formula is C18H27N3O. The fraction of sp³-hybridized carbons (Fsp3) is 0.556. The number of amides is 1. The van der Waals surface area contributed by atoms with E-state index in [9.17, 15) is 4.79 Å². The lowest BCUT2D eigenvalue weighted by molar-refractivity contribution is 0.0939. The third-order valence-corrected chi connectivity index (χ3v) is 4.15. The SMILES string of the molecule is CCC(C)NC(=O)c1ccc(NCCC2=CCCCC2)nc1. The Balaban J connectivity index is 1.78. The van der Waals surface area contributed by atoms with E-state index in [1.165, 1.54) is 25.7 Å². The summed E-state index contributed by atoms with van der Waals surface area (Å²) < 4.78 is 0. The molecule has 0 saturated carbocycles. The molecule has 4 nitrogen and oxygen atoms in total. The highest BCUT2D eigenvalue weighted by Crippen LogP contribution is 2.19. The predicted molar refractivity (Wildman–Crippen MR) is 91.1 cm³/mol. The maximum Gasteiger partial charge on any atom is 0.253 e. The van der Waals surface area contributed by atoms with E-state index >= 15 is 0 Å². The van der Waals surface area contributed by atoms with Gasteiger partial charge in [0, 0.05) is 18.8 Å². The van der Waals surface area contributed by atoms with Crippen molar-refractivity contribution in [3.8, 4) is 0 Å². The third kappa shape index (κ3) is 5.17. The van der Waals surface area contributed by atoms with E-state index in [0.29, 0.717) is 5.56 Å². The molecule has 0 fully saturated rings. The van der Waals surface area contributed by atoms with Crippen LogP contribution in [0.15, 0.2) is 30.0 Å². The van der Waals surface area contributed by atoms with Crippen molar-refractivity contribution >= 4 is 11.7 Å². The van der Waals surface area contributed by atoms with Gasteiger partial charge in [-0.1, -0.05) is 18.6 Å². The molecule has 0 radical (unpaired) electrons. The topological polar surface area (TPSA) is 54.0 Å². The second-order valence-corrected chi connectivity index (χ2v) is 6.00. The summed E-state index contributed by atoms with van der Waals surface area (Å²) in [7, 11) is 0. The Morgan fingerprint density at radius 2 is 2.23 bits per heavy atom. The first-order chi connectivity index (χ1) is 10.7. The zero-order valence-electron chi connectivity index (χ0n) is 13.7. The number of pyridine rings is 1. The minimum absolute atomic E-state index is 0.0549. The van der Waals surface area contributed by atoms with Gasteiger partial charge in [-0.05, 0) is 57.6 Å². The maximum absolute atomic E-state index is 12.0. The number of hydrogen-bond acceptors (Lipinski definition) is 3. The van der Waals surface area contributed by atoms with Gasteiger partial charge in [0.25, 0.3) is 5.91 Å². The summed E-state index contributed by atoms with van der Waals surface area (Å²) in [5.74, 6) is 0.775. The lowest BCUT2D eigenvalue weighted by Crippen LogP contribution is -2.31. The summed E-state index contributed by atoms with van der Waals surface area (Å²) in [5, 5.41) is 6.27. The van der Waals surface area contributed by atoms with Crippen LogP contribution in [0.1, 0.15) is 62.7 Å². The van der Waals surface area contributed by atoms with Crippen LogP contribution in [0.4, 0.5) is 5.82 Å². The van der Waals surface area contributed by atoms with Gasteiger partial charge in [-0.2, -0.15) is 0 Å². The summed E-state index contributed by atoms with van der Waals surface area (Å²) in [4.78, 5) is 16.3. The zero-order chi connectivity index (χ0) is 15.8. The molecule has 1 aromatic rings. The van der Waals surface area contributed by atoms with Gasteiger partial charge in [0.15, 0.2) is 0 Å². The van der Waals surface area contributed by atoms with E-state index in [1.807, 2.05) is 19.1 Å². The fourth-order valence-corrected chi connectivity index (χ4v) is 2.52. The average molecular weight is 301 g/mol. The molecule has 0 spiro atoms. The van der Waals surface area contributed by atoms with Crippen molar-refractivity contribution in [3.05, 3.63) is 35.5 Å². The number of aromatic nitrogens is 1. The Bertz CT molecular complexity index is 508. The van der Waals surface area contributed by atoms with Crippen LogP contribution >= 0.6 is 0 Å². The molecule has 0 aliphatic heterocycles. The van der Waals surface area contributed by atoms with Gasteiger partial charge in [0.1, 0.15) is 5.82 Å². The van der Waals surface area contributed by atoms with Gasteiger partial charge in [0.2, 0.25) is 0 Å². The molecule has 1 unspecified atom stereocenters. The molecule has 22 heavy (non-hydrogen) atoms. The molecule has 120 valence electrons. The van der Waals surface area contributed by atoms with Crippen molar-refractivity contribution in [2.24, 2.45) is 0 Å². The monoisotopic (exact) mass is 301 g/mol. The first-order valence-electron chi connectivity index (χ1n) is 8.37. The van der Waals surface area contributed by atoms with Crippen LogP contribution in [0.3, 0.4) is 0 Å². The Labute approximate surface area is 133 Å². The van der Waals surface area contributed by atoms with Crippen LogP contribution in [0, 0.1) is 0 Å². The third-order valence-electron chi connectivity index (χ3n) is 4.15. The van der Waals surface area contributed by atoms with Crippen molar-refractivity contribution in [3.63, 3.8) is 0 Å². The van der Waals surface area contributed by atoms with Crippen molar-refractivity contribution in [1.82, 2.24) is 10.3 Å². The quantitative estimate of drug-likeness (QED) is 0.751. The van der Waals surface area contributed by atoms with Gasteiger partial charge in [-0.15, -0.1) is 0 Å². The lowest BCUT2D eigenvalue weighted by Gasteiger charge is -2.13. The van der Waals surface area contributed by atoms with E-state index in [4.69, 9.17) is 0 Å². The molecule has 1 heterocycles. The first-order valence-corrected chi connectivity index (χ1v) is 8.37. The van der Waals surface area contributed by atoms with Gasteiger partial charge < -0.3 is 10.6 Å². The van der Waals surface area contributed by atoms with E-state index < -0.39 is 0 Å². The Morgan fingerprint density at radius 3 is 2.86 bits per heavy atom. The van der Waals surface area contributed by atoms with Crippen molar-refractivity contribution in [2.75, 3.05) is 11.9 Å². The van der Waals surface area contributed by atoms with Gasteiger partial charge >= 0.3 is 0 Å². The second kappa shape index (κ2) is 8.57. The highest BCUT2D eigenvalue weighted by molar-refractivity contribution is 5.94. The van der Waals surface area contributed by atoms with E-state index in [1.54, 1.807) is 11.8 Å². The van der Waals surface area contributed by atoms with Gasteiger partial charge in [0.05, 0.1) is 5.56 Å². The molecule has 4 heteroatoms. The number of allylic oxidation sites excluding steroid dienone is 1. The fourth-order valence-electron chi connectivity index (χ4n) is 2.52. The number of hydrogen-bond donors (Lipinski definition) is 2. The van der Waals surface area contributed by atoms with Gasteiger partial charge in [-0.3, -0.25) is 4.79 Å². The normalized spacial score (nSPS) is 15.8. The standard InChI is InChI=1S/C18H27N3O/c1-3-14(2)21-18(22)16-9-10-17(20-13-16)19-12-11-15-7-5-4-6-8-15/h7,9-10,13-14H,3-6,8,11-12H2,1-2H3,(H,19,20)(H,21,22). The molecule has 0 saturated heterocycles. The molecule has 2 N–H and O–H groups in total. The summed E-state index contributed by atoms with van der Waals surface area (Å²) in [5.41, 5.74) is 2.17. The number of nitrogens with one attached hydrogen (secondary N) is 2. The molecule has 1 aliphatic carbocycles. The van der Waals surface area contributed by atoms with Crippen molar-refractivity contribution in [1.29, 1.82) is 0 Å². The number of carbonyl (C=O) groups excluding carboxylic acids is 1. The minimum Gasteiger partial charge on any atom is -0.370 e. The molecule has 2 rings (SSSR count). The van der Waals surface area contributed by atoms with E-state index in [2.05, 4.69) is 28.6 Å². The molecule has 1 amide bonds. The zero-order valence-corrected chi connectivity index (χ0v) is 13.7. The summed E-state index contributed by atoms with van der Waals surface area (Å²) in [6, 6.07) is 3.89. The smallest absolute Gasteiger partial charge is 0.253 e. The van der Waals surface area contributed by atoms with Crippen LogP contribution < -0.4 is 10.6 Å².